The number of hydrogen-bond acceptors (Lipinski definition) is 5. The number of nitrogens with one attached hydrogen (secondary N) is 1. The zero-order chi connectivity index (χ0) is 24.2. The molecule has 2 aromatic carbocycles. The summed E-state index contributed by atoms with van der Waals surface area (Å²) < 4.78 is 7.79. The van der Waals surface area contributed by atoms with Crippen LogP contribution in [0.3, 0.4) is 0 Å². The van der Waals surface area contributed by atoms with Crippen molar-refractivity contribution in [2.75, 3.05) is 12.4 Å². The van der Waals surface area contributed by atoms with Crippen LogP contribution in [-0.2, 0) is 24.3 Å². The molecule has 0 atom stereocenters. The van der Waals surface area contributed by atoms with Gasteiger partial charge in [0, 0.05) is 5.69 Å². The summed E-state index contributed by atoms with van der Waals surface area (Å²) in [4.78, 5) is 40.3. The molecule has 8 heteroatoms. The molecule has 0 saturated heterocycles. The minimum absolute atomic E-state index is 0.144. The van der Waals surface area contributed by atoms with Gasteiger partial charge in [0.05, 0.1) is 19.0 Å². The molecule has 0 unspecified atom stereocenters. The van der Waals surface area contributed by atoms with Gasteiger partial charge in [-0.1, -0.05) is 44.2 Å². The highest BCUT2D eigenvalue weighted by atomic mass is 32.1. The van der Waals surface area contributed by atoms with E-state index in [2.05, 4.69) is 19.2 Å². The van der Waals surface area contributed by atoms with E-state index in [0.29, 0.717) is 27.6 Å². The molecule has 0 fully saturated rings. The summed E-state index contributed by atoms with van der Waals surface area (Å²) in [6, 6.07) is 16.3. The van der Waals surface area contributed by atoms with Crippen LogP contribution in [0.4, 0.5) is 5.69 Å². The van der Waals surface area contributed by atoms with E-state index in [1.807, 2.05) is 35.7 Å². The van der Waals surface area contributed by atoms with Crippen LogP contribution in [0.2, 0.25) is 0 Å². The SMILES string of the molecule is COc1ccc(NC(=O)Cn2c(=O)n(Cc3ccccc3)c(=O)c3c(CC(C)C)csc32)cc1. The molecule has 0 aliphatic rings. The Balaban J connectivity index is 1.76. The number of hydrogen-bond donors (Lipinski definition) is 1. The van der Waals surface area contributed by atoms with Crippen molar-refractivity contribution >= 4 is 33.1 Å². The van der Waals surface area contributed by atoms with Crippen molar-refractivity contribution in [3.63, 3.8) is 0 Å². The third-order valence-electron chi connectivity index (χ3n) is 5.50. The lowest BCUT2D eigenvalue weighted by atomic mass is 10.0. The minimum Gasteiger partial charge on any atom is -0.497 e. The second-order valence-corrected chi connectivity index (χ2v) is 9.42. The largest absolute Gasteiger partial charge is 0.497 e. The van der Waals surface area contributed by atoms with Gasteiger partial charge in [-0.05, 0) is 53.1 Å². The molecule has 4 aromatic rings. The predicted octanol–water partition coefficient (Wildman–Crippen LogP) is 4.12. The predicted molar refractivity (Wildman–Crippen MR) is 136 cm³/mol. The molecule has 7 nitrogen and oxygen atoms in total. The van der Waals surface area contributed by atoms with Gasteiger partial charge in [0.15, 0.2) is 0 Å². The van der Waals surface area contributed by atoms with Crippen molar-refractivity contribution in [2.24, 2.45) is 5.92 Å². The number of carbonyl (C=O) groups excluding carboxylic acids is 1. The topological polar surface area (TPSA) is 82.3 Å². The fourth-order valence-corrected chi connectivity index (χ4v) is 4.99. The second kappa shape index (κ2) is 10.1. The maximum absolute atomic E-state index is 13.5. The quantitative estimate of drug-likeness (QED) is 0.414. The molecular weight excluding hydrogens is 450 g/mol. The Morgan fingerprint density at radius 1 is 1.03 bits per heavy atom. The first kappa shape index (κ1) is 23.5. The Labute approximate surface area is 201 Å². The van der Waals surface area contributed by atoms with Crippen LogP contribution in [-0.4, -0.2) is 22.2 Å². The summed E-state index contributed by atoms with van der Waals surface area (Å²) >= 11 is 1.33. The van der Waals surface area contributed by atoms with Crippen molar-refractivity contribution in [3.05, 3.63) is 91.9 Å². The average molecular weight is 478 g/mol. The van der Waals surface area contributed by atoms with Gasteiger partial charge in [-0.3, -0.25) is 18.7 Å². The summed E-state index contributed by atoms with van der Waals surface area (Å²) in [6.07, 6.45) is 0.719. The maximum atomic E-state index is 13.5. The van der Waals surface area contributed by atoms with Crippen LogP contribution < -0.4 is 21.3 Å². The van der Waals surface area contributed by atoms with Crippen LogP contribution in [0.1, 0.15) is 25.0 Å². The number of fused-ring (bicyclic) bond motifs is 1. The number of carbonyl (C=O) groups is 1. The van der Waals surface area contributed by atoms with Crippen LogP contribution in [0.5, 0.6) is 5.75 Å². The van der Waals surface area contributed by atoms with Gasteiger partial charge in [0.2, 0.25) is 5.91 Å². The van der Waals surface area contributed by atoms with E-state index in [1.165, 1.54) is 20.5 Å². The van der Waals surface area contributed by atoms with Crippen LogP contribution in [0.25, 0.3) is 10.2 Å². The molecule has 4 rings (SSSR count). The van der Waals surface area contributed by atoms with Crippen LogP contribution in [0, 0.1) is 5.92 Å². The number of amides is 1. The molecule has 2 heterocycles. The number of ether oxygens (including phenoxy) is 1. The summed E-state index contributed by atoms with van der Waals surface area (Å²) in [5.41, 5.74) is 1.54. The van der Waals surface area contributed by atoms with Gasteiger partial charge in [0.25, 0.3) is 5.56 Å². The van der Waals surface area contributed by atoms with Crippen molar-refractivity contribution in [1.29, 1.82) is 0 Å². The molecule has 1 N–H and O–H groups in total. The zero-order valence-corrected chi connectivity index (χ0v) is 20.2. The number of rotatable bonds is 8. The van der Waals surface area contributed by atoms with Crippen molar-refractivity contribution in [3.8, 4) is 5.75 Å². The molecule has 0 spiro atoms. The van der Waals surface area contributed by atoms with Gasteiger partial charge in [0.1, 0.15) is 17.1 Å². The summed E-state index contributed by atoms with van der Waals surface area (Å²) in [5.74, 6) is 0.677. The minimum atomic E-state index is -0.496. The highest BCUT2D eigenvalue weighted by Crippen LogP contribution is 2.25. The monoisotopic (exact) mass is 477 g/mol. The molecule has 0 aliphatic heterocycles. The van der Waals surface area contributed by atoms with Gasteiger partial charge in [-0.15, -0.1) is 11.3 Å². The lowest BCUT2D eigenvalue weighted by Gasteiger charge is -2.13. The summed E-state index contributed by atoms with van der Waals surface area (Å²) in [5, 5.41) is 5.27. The Morgan fingerprint density at radius 3 is 2.38 bits per heavy atom. The Bertz CT molecular complexity index is 1420. The van der Waals surface area contributed by atoms with Gasteiger partial charge in [-0.2, -0.15) is 0 Å². The first-order valence-corrected chi connectivity index (χ1v) is 12.0. The number of anilines is 1. The number of aromatic nitrogens is 2. The van der Waals surface area contributed by atoms with Crippen molar-refractivity contribution in [1.82, 2.24) is 9.13 Å². The lowest BCUT2D eigenvalue weighted by molar-refractivity contribution is -0.116. The zero-order valence-electron chi connectivity index (χ0n) is 19.4. The van der Waals surface area contributed by atoms with Crippen molar-refractivity contribution < 1.29 is 9.53 Å². The summed E-state index contributed by atoms with van der Waals surface area (Å²) in [7, 11) is 1.57. The molecule has 176 valence electrons. The highest BCUT2D eigenvalue weighted by molar-refractivity contribution is 7.17. The van der Waals surface area contributed by atoms with E-state index in [9.17, 15) is 14.4 Å². The van der Waals surface area contributed by atoms with E-state index in [1.54, 1.807) is 31.4 Å². The normalized spacial score (nSPS) is 11.2. The molecular formula is C26H27N3O4S. The molecule has 0 bridgehead atoms. The molecule has 0 saturated carbocycles. The third-order valence-corrected chi connectivity index (χ3v) is 6.55. The maximum Gasteiger partial charge on any atom is 0.332 e. The summed E-state index contributed by atoms with van der Waals surface area (Å²) in [6.45, 7) is 4.12. The van der Waals surface area contributed by atoms with Gasteiger partial charge in [-0.25, -0.2) is 4.79 Å². The Morgan fingerprint density at radius 2 is 1.74 bits per heavy atom. The van der Waals surface area contributed by atoms with Crippen molar-refractivity contribution in [2.45, 2.75) is 33.4 Å². The molecule has 34 heavy (non-hydrogen) atoms. The van der Waals surface area contributed by atoms with Crippen LogP contribution >= 0.6 is 11.3 Å². The number of nitrogens with zero attached hydrogens (tertiary/aromatic N) is 2. The van der Waals surface area contributed by atoms with Gasteiger partial charge >= 0.3 is 5.69 Å². The van der Waals surface area contributed by atoms with E-state index in [4.69, 9.17) is 4.74 Å². The van der Waals surface area contributed by atoms with E-state index < -0.39 is 5.69 Å². The lowest BCUT2D eigenvalue weighted by Crippen LogP contribution is -2.41. The van der Waals surface area contributed by atoms with Crippen LogP contribution in [0.15, 0.2) is 69.6 Å². The fraction of sp³-hybridized carbons (Fsp3) is 0.269. The average Bonchev–Trinajstić information content (AvgIpc) is 3.23. The molecule has 0 aliphatic carbocycles. The molecule has 0 radical (unpaired) electrons. The second-order valence-electron chi connectivity index (χ2n) is 8.56. The van der Waals surface area contributed by atoms with Gasteiger partial charge < -0.3 is 10.1 Å². The fourth-order valence-electron chi connectivity index (χ4n) is 3.92. The number of thiophene rings is 1. The first-order chi connectivity index (χ1) is 16.4. The Hall–Kier alpha value is -3.65. The Kier molecular flexibility index (Phi) is 6.98. The standard InChI is InChI=1S/C26H27N3O4S/c1-17(2)13-19-16-34-25-23(19)24(31)28(14-18-7-5-4-6-8-18)26(32)29(25)15-22(30)27-20-9-11-21(33-3)12-10-20/h4-12,16-17H,13-15H2,1-3H3,(H,27,30). The van der Waals surface area contributed by atoms with E-state index in [0.717, 1.165) is 17.5 Å². The highest BCUT2D eigenvalue weighted by Gasteiger charge is 2.20. The number of benzene rings is 2. The smallest absolute Gasteiger partial charge is 0.332 e. The molecule has 1 amide bonds. The first-order valence-electron chi connectivity index (χ1n) is 11.1. The van der Waals surface area contributed by atoms with E-state index in [-0.39, 0.29) is 24.6 Å². The molecule has 2 aromatic heterocycles. The van der Waals surface area contributed by atoms with E-state index >= 15 is 0 Å². The number of methoxy groups -OCH3 is 1. The third kappa shape index (κ3) is 4.97.